The third kappa shape index (κ3) is 3.55. The summed E-state index contributed by atoms with van der Waals surface area (Å²) in [7, 11) is 0. The number of carbonyl (C=O) groups is 1. The highest BCUT2D eigenvalue weighted by molar-refractivity contribution is 5.97. The lowest BCUT2D eigenvalue weighted by Gasteiger charge is -2.10. The number of carbonyl (C=O) groups excluding carboxylic acids is 1. The van der Waals surface area contributed by atoms with E-state index in [-0.39, 0.29) is 23.6 Å². The average Bonchev–Trinajstić information content (AvgIpc) is 2.52. The predicted molar refractivity (Wildman–Crippen MR) is 75.5 cm³/mol. The number of nitrogens with zero attached hydrogens (tertiary/aromatic N) is 1. The summed E-state index contributed by atoms with van der Waals surface area (Å²) in [5, 5.41) is 10.8. The van der Waals surface area contributed by atoms with Crippen LogP contribution in [0.15, 0.2) is 42.5 Å². The SMILES string of the molecule is NNC(=O)c1cc([N+](=O)[O-])ccc1OCc1cccc(F)c1. The second-order valence-corrected chi connectivity index (χ2v) is 4.33. The number of hydrogen-bond acceptors (Lipinski definition) is 5. The summed E-state index contributed by atoms with van der Waals surface area (Å²) in [6.07, 6.45) is 0. The van der Waals surface area contributed by atoms with Gasteiger partial charge >= 0.3 is 0 Å². The van der Waals surface area contributed by atoms with Crippen LogP contribution >= 0.6 is 0 Å². The molecule has 0 radical (unpaired) electrons. The molecule has 0 spiro atoms. The van der Waals surface area contributed by atoms with Gasteiger partial charge < -0.3 is 4.74 Å². The normalized spacial score (nSPS) is 10.1. The summed E-state index contributed by atoms with van der Waals surface area (Å²) >= 11 is 0. The van der Waals surface area contributed by atoms with E-state index in [0.717, 1.165) is 6.07 Å². The van der Waals surface area contributed by atoms with E-state index in [2.05, 4.69) is 0 Å². The van der Waals surface area contributed by atoms with Crippen molar-refractivity contribution < 1.29 is 18.8 Å². The fraction of sp³-hybridized carbons (Fsp3) is 0.0714. The largest absolute Gasteiger partial charge is 0.488 e. The van der Waals surface area contributed by atoms with Gasteiger partial charge in [0.25, 0.3) is 11.6 Å². The smallest absolute Gasteiger partial charge is 0.270 e. The molecular weight excluding hydrogens is 293 g/mol. The fourth-order valence-electron chi connectivity index (χ4n) is 1.80. The van der Waals surface area contributed by atoms with Crippen LogP contribution in [-0.4, -0.2) is 10.8 Å². The van der Waals surface area contributed by atoms with E-state index < -0.39 is 16.6 Å². The van der Waals surface area contributed by atoms with Gasteiger partial charge in [0.2, 0.25) is 0 Å². The van der Waals surface area contributed by atoms with Crippen molar-refractivity contribution in [3.63, 3.8) is 0 Å². The first-order valence-corrected chi connectivity index (χ1v) is 6.18. The summed E-state index contributed by atoms with van der Waals surface area (Å²) < 4.78 is 18.5. The van der Waals surface area contributed by atoms with E-state index in [1.807, 2.05) is 5.43 Å². The first kappa shape index (κ1) is 15.4. The van der Waals surface area contributed by atoms with Gasteiger partial charge in [-0.1, -0.05) is 12.1 Å². The minimum Gasteiger partial charge on any atom is -0.488 e. The number of hydrazine groups is 1. The van der Waals surface area contributed by atoms with Gasteiger partial charge in [-0.05, 0) is 23.8 Å². The number of halogens is 1. The van der Waals surface area contributed by atoms with Crippen LogP contribution in [0.5, 0.6) is 5.75 Å². The molecule has 22 heavy (non-hydrogen) atoms. The molecule has 1 amide bonds. The molecule has 0 bridgehead atoms. The highest BCUT2D eigenvalue weighted by Crippen LogP contribution is 2.25. The van der Waals surface area contributed by atoms with Crippen LogP contribution in [0.25, 0.3) is 0 Å². The summed E-state index contributed by atoms with van der Waals surface area (Å²) in [4.78, 5) is 21.8. The molecule has 0 heterocycles. The summed E-state index contributed by atoms with van der Waals surface area (Å²) in [6, 6.07) is 9.31. The van der Waals surface area contributed by atoms with Crippen LogP contribution in [0.2, 0.25) is 0 Å². The number of amides is 1. The molecule has 0 aliphatic carbocycles. The molecule has 0 saturated heterocycles. The number of nitro groups is 1. The van der Waals surface area contributed by atoms with Crippen molar-refractivity contribution in [1.29, 1.82) is 0 Å². The van der Waals surface area contributed by atoms with Gasteiger partial charge in [-0.25, -0.2) is 10.2 Å². The maximum absolute atomic E-state index is 13.1. The Morgan fingerprint density at radius 1 is 1.32 bits per heavy atom. The predicted octanol–water partition coefficient (Wildman–Crippen LogP) is 1.92. The highest BCUT2D eigenvalue weighted by Gasteiger charge is 2.17. The van der Waals surface area contributed by atoms with E-state index >= 15 is 0 Å². The molecule has 0 fully saturated rings. The highest BCUT2D eigenvalue weighted by atomic mass is 19.1. The molecule has 7 nitrogen and oxygen atoms in total. The molecule has 0 saturated carbocycles. The fourth-order valence-corrected chi connectivity index (χ4v) is 1.80. The zero-order valence-corrected chi connectivity index (χ0v) is 11.3. The number of benzene rings is 2. The Morgan fingerprint density at radius 3 is 2.73 bits per heavy atom. The van der Waals surface area contributed by atoms with Gasteiger partial charge in [0.15, 0.2) is 0 Å². The molecule has 0 unspecified atom stereocenters. The van der Waals surface area contributed by atoms with Gasteiger partial charge in [-0.2, -0.15) is 0 Å². The lowest BCUT2D eigenvalue weighted by atomic mass is 10.1. The van der Waals surface area contributed by atoms with Crippen LogP contribution in [0, 0.1) is 15.9 Å². The van der Waals surface area contributed by atoms with Crippen molar-refractivity contribution in [2.24, 2.45) is 5.84 Å². The molecule has 0 aliphatic rings. The van der Waals surface area contributed by atoms with Gasteiger partial charge in [-0.3, -0.25) is 20.3 Å². The number of hydrogen-bond donors (Lipinski definition) is 2. The Bertz CT molecular complexity index is 721. The number of nitrogens with two attached hydrogens (primary N) is 1. The third-order valence-electron chi connectivity index (χ3n) is 2.83. The zero-order valence-electron chi connectivity index (χ0n) is 11.3. The van der Waals surface area contributed by atoms with Crippen molar-refractivity contribution in [2.75, 3.05) is 0 Å². The number of nitrogen functional groups attached to an aromatic ring is 1. The van der Waals surface area contributed by atoms with E-state index in [4.69, 9.17) is 10.6 Å². The van der Waals surface area contributed by atoms with Crippen molar-refractivity contribution in [3.05, 3.63) is 69.5 Å². The minimum absolute atomic E-state index is 0.000419. The first-order valence-electron chi connectivity index (χ1n) is 6.18. The van der Waals surface area contributed by atoms with Gasteiger partial charge in [-0.15, -0.1) is 0 Å². The Morgan fingerprint density at radius 2 is 2.09 bits per heavy atom. The van der Waals surface area contributed by atoms with Crippen LogP contribution in [-0.2, 0) is 6.61 Å². The number of nitro benzene ring substituents is 1. The maximum atomic E-state index is 13.1. The van der Waals surface area contributed by atoms with Gasteiger partial charge in [0, 0.05) is 12.1 Å². The number of ether oxygens (including phenoxy) is 1. The second kappa shape index (κ2) is 6.64. The Balaban J connectivity index is 2.26. The van der Waals surface area contributed by atoms with E-state index in [9.17, 15) is 19.3 Å². The standard InChI is InChI=1S/C14H12FN3O4/c15-10-3-1-2-9(6-10)8-22-13-5-4-11(18(20)21)7-12(13)14(19)17-16/h1-7H,8,16H2,(H,17,19). The summed E-state index contributed by atoms with van der Waals surface area (Å²) in [5.41, 5.74) is 2.10. The lowest BCUT2D eigenvalue weighted by molar-refractivity contribution is -0.384. The van der Waals surface area contributed by atoms with E-state index in [1.54, 1.807) is 6.07 Å². The number of non-ortho nitro benzene ring substituents is 1. The van der Waals surface area contributed by atoms with Crippen molar-refractivity contribution in [1.82, 2.24) is 5.43 Å². The lowest BCUT2D eigenvalue weighted by Crippen LogP contribution is -2.30. The third-order valence-corrected chi connectivity index (χ3v) is 2.83. The molecule has 0 aliphatic heterocycles. The van der Waals surface area contributed by atoms with Gasteiger partial charge in [0.1, 0.15) is 18.2 Å². The van der Waals surface area contributed by atoms with E-state index in [0.29, 0.717) is 5.56 Å². The minimum atomic E-state index is -0.724. The molecule has 8 heteroatoms. The summed E-state index contributed by atoms with van der Waals surface area (Å²) in [5.74, 6) is 4.02. The van der Waals surface area contributed by atoms with Crippen molar-refractivity contribution in [2.45, 2.75) is 6.61 Å². The van der Waals surface area contributed by atoms with E-state index in [1.165, 1.54) is 30.3 Å². The average molecular weight is 305 g/mol. The topological polar surface area (TPSA) is 107 Å². The number of nitrogens with one attached hydrogen (secondary N) is 1. The molecule has 2 rings (SSSR count). The van der Waals surface area contributed by atoms with Crippen LogP contribution < -0.4 is 16.0 Å². The zero-order chi connectivity index (χ0) is 16.1. The van der Waals surface area contributed by atoms with Crippen molar-refractivity contribution >= 4 is 11.6 Å². The number of rotatable bonds is 5. The molecule has 2 aromatic carbocycles. The Kier molecular flexibility index (Phi) is 4.64. The molecule has 0 aromatic heterocycles. The van der Waals surface area contributed by atoms with Crippen molar-refractivity contribution in [3.8, 4) is 5.75 Å². The molecule has 3 N–H and O–H groups in total. The Labute approximate surface area is 124 Å². The monoisotopic (exact) mass is 305 g/mol. The molecule has 0 atom stereocenters. The second-order valence-electron chi connectivity index (χ2n) is 4.33. The van der Waals surface area contributed by atoms with Crippen LogP contribution in [0.4, 0.5) is 10.1 Å². The quantitative estimate of drug-likeness (QED) is 0.380. The first-order chi connectivity index (χ1) is 10.5. The molecular formula is C14H12FN3O4. The summed E-state index contributed by atoms with van der Waals surface area (Å²) in [6.45, 7) is 0.000419. The Hall–Kier alpha value is -3.00. The van der Waals surface area contributed by atoms with Crippen LogP contribution in [0.1, 0.15) is 15.9 Å². The molecule has 2 aromatic rings. The maximum Gasteiger partial charge on any atom is 0.270 e. The van der Waals surface area contributed by atoms with Gasteiger partial charge in [0.05, 0.1) is 10.5 Å². The molecule has 114 valence electrons. The van der Waals surface area contributed by atoms with Crippen LogP contribution in [0.3, 0.4) is 0 Å².